The molecule has 2 heteroatoms. The summed E-state index contributed by atoms with van der Waals surface area (Å²) in [5.74, 6) is 1.20. The van der Waals surface area contributed by atoms with Crippen LogP contribution in [0, 0.1) is 5.92 Å². The van der Waals surface area contributed by atoms with Gasteiger partial charge in [0.2, 0.25) is 0 Å². The van der Waals surface area contributed by atoms with E-state index >= 15 is 0 Å². The van der Waals surface area contributed by atoms with Crippen LogP contribution in [0.1, 0.15) is 38.8 Å². The number of aromatic nitrogens is 1. The van der Waals surface area contributed by atoms with Crippen molar-refractivity contribution in [3.63, 3.8) is 0 Å². The molecule has 0 spiro atoms. The van der Waals surface area contributed by atoms with Crippen molar-refractivity contribution in [2.45, 2.75) is 33.1 Å². The monoisotopic (exact) mass is 178 g/mol. The van der Waals surface area contributed by atoms with E-state index in [1.54, 1.807) is 6.20 Å². The van der Waals surface area contributed by atoms with Crippen LogP contribution in [-0.2, 0) is 0 Å². The lowest BCUT2D eigenvalue weighted by molar-refractivity contribution is 0.465. The van der Waals surface area contributed by atoms with E-state index in [-0.39, 0.29) is 0 Å². The summed E-state index contributed by atoms with van der Waals surface area (Å²) in [5, 5.41) is 0. The zero-order valence-corrected chi connectivity index (χ0v) is 8.62. The third-order valence-corrected chi connectivity index (χ3v) is 2.77. The predicted molar refractivity (Wildman–Crippen MR) is 56.5 cm³/mol. The van der Waals surface area contributed by atoms with E-state index in [2.05, 4.69) is 25.8 Å². The van der Waals surface area contributed by atoms with Gasteiger partial charge in [-0.3, -0.25) is 4.98 Å². The van der Waals surface area contributed by atoms with Crippen LogP contribution in [0.25, 0.3) is 0 Å². The molecule has 1 heterocycles. The molecule has 0 fully saturated rings. The average Bonchev–Trinajstić information content (AvgIpc) is 2.17. The van der Waals surface area contributed by atoms with Gasteiger partial charge in [-0.05, 0) is 18.1 Å². The summed E-state index contributed by atoms with van der Waals surface area (Å²) < 4.78 is 0. The van der Waals surface area contributed by atoms with E-state index in [1.165, 1.54) is 6.42 Å². The number of pyridine rings is 1. The molecule has 1 aromatic heterocycles. The topological polar surface area (TPSA) is 38.9 Å². The SMILES string of the molecule is CCC(C)C(C)c1ccc(N)cn1. The van der Waals surface area contributed by atoms with E-state index in [4.69, 9.17) is 5.73 Å². The molecule has 0 aliphatic heterocycles. The molecular weight excluding hydrogens is 160 g/mol. The van der Waals surface area contributed by atoms with E-state index < -0.39 is 0 Å². The molecule has 0 aromatic carbocycles. The molecule has 0 amide bonds. The molecule has 1 aromatic rings. The summed E-state index contributed by atoms with van der Waals surface area (Å²) in [6.07, 6.45) is 2.92. The maximum absolute atomic E-state index is 5.57. The number of hydrogen-bond acceptors (Lipinski definition) is 2. The van der Waals surface area contributed by atoms with Gasteiger partial charge in [0.15, 0.2) is 0 Å². The maximum atomic E-state index is 5.57. The van der Waals surface area contributed by atoms with Crippen LogP contribution >= 0.6 is 0 Å². The Kier molecular flexibility index (Phi) is 3.29. The Hall–Kier alpha value is -1.05. The number of hydrogen-bond donors (Lipinski definition) is 1. The molecule has 0 bridgehead atoms. The van der Waals surface area contributed by atoms with E-state index in [0.717, 1.165) is 11.4 Å². The molecule has 0 saturated carbocycles. The minimum absolute atomic E-state index is 0.519. The predicted octanol–water partition coefficient (Wildman–Crippen LogP) is 2.81. The van der Waals surface area contributed by atoms with Crippen molar-refractivity contribution < 1.29 is 0 Å². The molecule has 2 unspecified atom stereocenters. The van der Waals surface area contributed by atoms with Crippen molar-refractivity contribution >= 4 is 5.69 Å². The lowest BCUT2D eigenvalue weighted by Gasteiger charge is -2.17. The molecule has 0 radical (unpaired) electrons. The van der Waals surface area contributed by atoms with E-state index in [1.807, 2.05) is 12.1 Å². The fraction of sp³-hybridized carbons (Fsp3) is 0.545. The summed E-state index contributed by atoms with van der Waals surface area (Å²) >= 11 is 0. The van der Waals surface area contributed by atoms with Crippen LogP contribution < -0.4 is 5.73 Å². The van der Waals surface area contributed by atoms with Crippen molar-refractivity contribution in [1.29, 1.82) is 0 Å². The quantitative estimate of drug-likeness (QED) is 0.773. The minimum Gasteiger partial charge on any atom is -0.397 e. The third kappa shape index (κ3) is 2.44. The molecule has 2 N–H and O–H groups in total. The number of anilines is 1. The number of rotatable bonds is 3. The van der Waals surface area contributed by atoms with Crippen molar-refractivity contribution in [1.82, 2.24) is 4.98 Å². The van der Waals surface area contributed by atoms with Gasteiger partial charge in [0, 0.05) is 11.6 Å². The van der Waals surface area contributed by atoms with Crippen molar-refractivity contribution in [3.05, 3.63) is 24.0 Å². The number of nitrogens with zero attached hydrogens (tertiary/aromatic N) is 1. The molecule has 0 aliphatic rings. The first-order chi connectivity index (χ1) is 6.15. The first-order valence-electron chi connectivity index (χ1n) is 4.86. The van der Waals surface area contributed by atoms with Gasteiger partial charge >= 0.3 is 0 Å². The molecule has 1 rings (SSSR count). The van der Waals surface area contributed by atoms with Crippen molar-refractivity contribution in [2.75, 3.05) is 5.73 Å². The van der Waals surface area contributed by atoms with Gasteiger partial charge < -0.3 is 5.73 Å². The molecule has 0 aliphatic carbocycles. The highest BCUT2D eigenvalue weighted by atomic mass is 14.7. The highest BCUT2D eigenvalue weighted by Gasteiger charge is 2.13. The molecule has 0 saturated heterocycles. The Morgan fingerprint density at radius 2 is 2.08 bits per heavy atom. The van der Waals surface area contributed by atoms with Gasteiger partial charge in [0.25, 0.3) is 0 Å². The smallest absolute Gasteiger partial charge is 0.0501 e. The second-order valence-electron chi connectivity index (χ2n) is 3.69. The van der Waals surface area contributed by atoms with Crippen LogP contribution in [-0.4, -0.2) is 4.98 Å². The number of nitrogens with two attached hydrogens (primary N) is 1. The largest absolute Gasteiger partial charge is 0.397 e. The Morgan fingerprint density at radius 3 is 2.54 bits per heavy atom. The summed E-state index contributed by atoms with van der Waals surface area (Å²) in [6.45, 7) is 6.67. The summed E-state index contributed by atoms with van der Waals surface area (Å²) in [4.78, 5) is 4.32. The lowest BCUT2D eigenvalue weighted by atomic mass is 9.90. The molecular formula is C11H18N2. The second-order valence-corrected chi connectivity index (χ2v) is 3.69. The molecule has 2 nitrogen and oxygen atoms in total. The van der Waals surface area contributed by atoms with Crippen LogP contribution in [0.4, 0.5) is 5.69 Å². The highest BCUT2D eigenvalue weighted by molar-refractivity contribution is 5.35. The van der Waals surface area contributed by atoms with Gasteiger partial charge in [-0.25, -0.2) is 0 Å². The van der Waals surface area contributed by atoms with Gasteiger partial charge in [0.05, 0.1) is 11.9 Å². The Labute approximate surface area is 80.2 Å². The summed E-state index contributed by atoms with van der Waals surface area (Å²) in [6, 6.07) is 3.94. The zero-order chi connectivity index (χ0) is 9.84. The fourth-order valence-electron chi connectivity index (χ4n) is 1.33. The second kappa shape index (κ2) is 4.26. The van der Waals surface area contributed by atoms with Crippen molar-refractivity contribution in [2.24, 2.45) is 5.92 Å². The van der Waals surface area contributed by atoms with E-state index in [0.29, 0.717) is 11.8 Å². The van der Waals surface area contributed by atoms with Gasteiger partial charge in [0.1, 0.15) is 0 Å². The summed E-state index contributed by atoms with van der Waals surface area (Å²) in [7, 11) is 0. The van der Waals surface area contributed by atoms with Crippen LogP contribution in [0.5, 0.6) is 0 Å². The Bertz CT molecular complexity index is 253. The first kappa shape index (κ1) is 10.0. The van der Waals surface area contributed by atoms with E-state index in [9.17, 15) is 0 Å². The molecule has 2 atom stereocenters. The Balaban J connectivity index is 2.77. The van der Waals surface area contributed by atoms with Gasteiger partial charge in [-0.15, -0.1) is 0 Å². The minimum atomic E-state index is 0.519. The van der Waals surface area contributed by atoms with Crippen LogP contribution in [0.2, 0.25) is 0 Å². The Morgan fingerprint density at radius 1 is 1.38 bits per heavy atom. The van der Waals surface area contributed by atoms with Gasteiger partial charge in [-0.2, -0.15) is 0 Å². The molecule has 13 heavy (non-hydrogen) atoms. The lowest BCUT2D eigenvalue weighted by Crippen LogP contribution is -2.06. The average molecular weight is 178 g/mol. The van der Waals surface area contributed by atoms with Crippen molar-refractivity contribution in [3.8, 4) is 0 Å². The number of nitrogen functional groups attached to an aromatic ring is 1. The summed E-state index contributed by atoms with van der Waals surface area (Å²) in [5.41, 5.74) is 7.45. The highest BCUT2D eigenvalue weighted by Crippen LogP contribution is 2.24. The zero-order valence-electron chi connectivity index (χ0n) is 8.62. The van der Waals surface area contributed by atoms with Gasteiger partial charge in [-0.1, -0.05) is 27.2 Å². The third-order valence-electron chi connectivity index (χ3n) is 2.77. The molecule has 72 valence electrons. The standard InChI is InChI=1S/C11H18N2/c1-4-8(2)9(3)11-6-5-10(12)7-13-11/h5-9H,4,12H2,1-3H3. The van der Waals surface area contributed by atoms with Crippen LogP contribution in [0.3, 0.4) is 0 Å². The normalized spacial score (nSPS) is 15.3. The maximum Gasteiger partial charge on any atom is 0.0501 e. The van der Waals surface area contributed by atoms with Crippen LogP contribution in [0.15, 0.2) is 18.3 Å². The fourth-order valence-corrected chi connectivity index (χ4v) is 1.33. The first-order valence-corrected chi connectivity index (χ1v) is 4.86.